The minimum atomic E-state index is -4.71. The van der Waals surface area contributed by atoms with Crippen LogP contribution in [0.5, 0.6) is 0 Å². The molecule has 9 heteroatoms. The third-order valence-corrected chi connectivity index (χ3v) is 5.28. The largest absolute Gasteiger partial charge is 0.389 e. The fraction of sp³-hybridized carbons (Fsp3) is 1.00. The third kappa shape index (κ3) is 12.9. The van der Waals surface area contributed by atoms with Crippen LogP contribution in [0.15, 0.2) is 0 Å². The second-order valence-corrected chi connectivity index (χ2v) is 7.29. The zero-order chi connectivity index (χ0) is 19.4. The monoisotopic (exact) mass is 382 g/mol. The first-order valence-electron chi connectivity index (χ1n) is 8.39. The molecule has 24 heavy (non-hydrogen) atoms. The van der Waals surface area contributed by atoms with E-state index in [1.54, 1.807) is 0 Å². The van der Waals surface area contributed by atoms with E-state index in [2.05, 4.69) is 27.7 Å². The molecule has 0 aliphatic rings. The number of hydrogen-bond acceptors (Lipinski definition) is 2. The van der Waals surface area contributed by atoms with Gasteiger partial charge in [-0.05, 0) is 47.0 Å². The Bertz CT molecular complexity index is 392. The van der Waals surface area contributed by atoms with Crippen LogP contribution in [0.2, 0.25) is 0 Å². The summed E-state index contributed by atoms with van der Waals surface area (Å²) in [6.07, 6.45) is -5.77. The third-order valence-electron chi connectivity index (χ3n) is 4.40. The SMILES string of the molecule is CC[N+](CC)(CC)CC.O=S(=O)(O)C(F)CCCCCC(F)(F)F. The van der Waals surface area contributed by atoms with E-state index in [4.69, 9.17) is 4.55 Å². The average molecular weight is 382 g/mol. The first-order valence-corrected chi connectivity index (χ1v) is 9.90. The van der Waals surface area contributed by atoms with Gasteiger partial charge in [-0.1, -0.05) is 6.42 Å². The summed E-state index contributed by atoms with van der Waals surface area (Å²) in [5.74, 6) is 0. The van der Waals surface area contributed by atoms with Crippen LogP contribution in [0.25, 0.3) is 0 Å². The number of alkyl halides is 4. The van der Waals surface area contributed by atoms with E-state index in [1.807, 2.05) is 0 Å². The molecule has 0 spiro atoms. The van der Waals surface area contributed by atoms with Gasteiger partial charge in [-0.15, -0.1) is 0 Å². The zero-order valence-electron chi connectivity index (χ0n) is 15.1. The van der Waals surface area contributed by atoms with Crippen molar-refractivity contribution in [1.82, 2.24) is 0 Å². The second kappa shape index (κ2) is 12.0. The Balaban J connectivity index is 0. The summed E-state index contributed by atoms with van der Waals surface area (Å²) in [6.45, 7) is 14.2. The molecule has 1 atom stereocenters. The van der Waals surface area contributed by atoms with Gasteiger partial charge in [0.2, 0.25) is 5.50 Å². The van der Waals surface area contributed by atoms with Gasteiger partial charge in [0.25, 0.3) is 10.1 Å². The molecule has 0 aromatic heterocycles. The van der Waals surface area contributed by atoms with Gasteiger partial charge < -0.3 is 4.48 Å². The van der Waals surface area contributed by atoms with Gasteiger partial charge in [0.1, 0.15) is 0 Å². The highest BCUT2D eigenvalue weighted by Crippen LogP contribution is 2.23. The molecule has 1 N–H and O–H groups in total. The highest BCUT2D eigenvalue weighted by atomic mass is 32.2. The molecule has 0 bridgehead atoms. The number of unbranched alkanes of at least 4 members (excludes halogenated alkanes) is 2. The maximum absolute atomic E-state index is 12.5. The van der Waals surface area contributed by atoms with Crippen molar-refractivity contribution in [2.45, 2.75) is 71.5 Å². The average Bonchev–Trinajstić information content (AvgIpc) is 2.48. The van der Waals surface area contributed by atoms with Crippen LogP contribution in [0.3, 0.4) is 0 Å². The van der Waals surface area contributed by atoms with Crippen molar-refractivity contribution < 1.29 is 35.0 Å². The van der Waals surface area contributed by atoms with Gasteiger partial charge in [-0.2, -0.15) is 21.6 Å². The van der Waals surface area contributed by atoms with Crippen LogP contribution >= 0.6 is 0 Å². The number of halogens is 4. The van der Waals surface area contributed by atoms with Crippen LogP contribution < -0.4 is 0 Å². The molecule has 0 fully saturated rings. The lowest BCUT2D eigenvalue weighted by Gasteiger charge is -2.34. The van der Waals surface area contributed by atoms with Crippen molar-refractivity contribution in [3.8, 4) is 0 Å². The number of quaternary nitrogens is 1. The molecule has 0 saturated carbocycles. The minimum absolute atomic E-state index is 0.00294. The van der Waals surface area contributed by atoms with Crippen LogP contribution in [-0.2, 0) is 10.1 Å². The molecule has 0 saturated heterocycles. The van der Waals surface area contributed by atoms with Gasteiger partial charge >= 0.3 is 6.18 Å². The summed E-state index contributed by atoms with van der Waals surface area (Å²) < 4.78 is 77.1. The van der Waals surface area contributed by atoms with E-state index >= 15 is 0 Å². The Morgan fingerprint density at radius 2 is 1.33 bits per heavy atom. The predicted molar refractivity (Wildman–Crippen MR) is 88.0 cm³/mol. The Hall–Kier alpha value is -0.410. The molecule has 0 rings (SSSR count). The quantitative estimate of drug-likeness (QED) is 0.261. The molecule has 4 nitrogen and oxygen atoms in total. The van der Waals surface area contributed by atoms with E-state index in [1.165, 1.54) is 30.7 Å². The lowest BCUT2D eigenvalue weighted by Crippen LogP contribution is -2.47. The number of nitrogens with zero attached hydrogens (tertiary/aromatic N) is 1. The van der Waals surface area contributed by atoms with Gasteiger partial charge in [0, 0.05) is 6.42 Å². The molecule has 0 aromatic rings. The molecule has 0 amide bonds. The highest BCUT2D eigenvalue weighted by molar-refractivity contribution is 7.86. The first kappa shape index (κ1) is 25.8. The van der Waals surface area contributed by atoms with Crippen molar-refractivity contribution in [3.05, 3.63) is 0 Å². The topological polar surface area (TPSA) is 54.4 Å². The Labute approximate surface area is 143 Å². The van der Waals surface area contributed by atoms with E-state index < -0.39 is 34.6 Å². The summed E-state index contributed by atoms with van der Waals surface area (Å²) in [4.78, 5) is 0. The van der Waals surface area contributed by atoms with Gasteiger partial charge in [-0.3, -0.25) is 4.55 Å². The van der Waals surface area contributed by atoms with E-state index in [-0.39, 0.29) is 19.3 Å². The molecule has 1 unspecified atom stereocenters. The fourth-order valence-corrected chi connectivity index (χ4v) is 2.76. The van der Waals surface area contributed by atoms with Crippen LogP contribution in [-0.4, -0.2) is 55.3 Å². The first-order chi connectivity index (χ1) is 10.9. The normalized spacial score (nSPS) is 14.0. The number of rotatable bonds is 10. The minimum Gasteiger partial charge on any atom is -0.325 e. The smallest absolute Gasteiger partial charge is 0.325 e. The Morgan fingerprint density at radius 3 is 1.58 bits per heavy atom. The molecular weight excluding hydrogens is 350 g/mol. The van der Waals surface area contributed by atoms with Gasteiger partial charge in [0.15, 0.2) is 0 Å². The fourth-order valence-electron chi connectivity index (χ4n) is 2.30. The van der Waals surface area contributed by atoms with Crippen LogP contribution in [0, 0.1) is 0 Å². The predicted octanol–water partition coefficient (Wildman–Crippen LogP) is 4.57. The lowest BCUT2D eigenvalue weighted by molar-refractivity contribution is -0.921. The molecule has 0 aromatic carbocycles. The summed E-state index contributed by atoms with van der Waals surface area (Å²) in [5, 5.41) is 0. The molecular formula is C15H32F4NO3S+. The second-order valence-electron chi connectivity index (χ2n) is 5.75. The number of hydrogen-bond donors (Lipinski definition) is 1. The van der Waals surface area contributed by atoms with E-state index in [0.29, 0.717) is 0 Å². The van der Waals surface area contributed by atoms with E-state index in [0.717, 1.165) is 0 Å². The molecule has 0 radical (unpaired) electrons. The van der Waals surface area contributed by atoms with Crippen LogP contribution in [0.1, 0.15) is 59.8 Å². The maximum atomic E-state index is 12.5. The lowest BCUT2D eigenvalue weighted by atomic mass is 10.1. The van der Waals surface area contributed by atoms with Crippen LogP contribution in [0.4, 0.5) is 17.6 Å². The highest BCUT2D eigenvalue weighted by Gasteiger charge is 2.26. The summed E-state index contributed by atoms with van der Waals surface area (Å²) in [5.41, 5.74) is -2.40. The molecule has 0 aliphatic heterocycles. The molecule has 0 aliphatic carbocycles. The summed E-state index contributed by atoms with van der Waals surface area (Å²) in [7, 11) is -4.71. The van der Waals surface area contributed by atoms with E-state index in [9.17, 15) is 26.0 Å². The Morgan fingerprint density at radius 1 is 0.917 bits per heavy atom. The standard InChI is InChI=1S/C8H20N.C7H12F4O3S/c1-5-9(6-2,7-3)8-4;8-6(15(12,13)14)4-2-1-3-5-7(9,10)11/h5-8H2,1-4H3;6H,1-5H2,(H,12,13,14)/q+1;. The zero-order valence-corrected chi connectivity index (χ0v) is 15.9. The van der Waals surface area contributed by atoms with Crippen molar-refractivity contribution in [2.75, 3.05) is 26.2 Å². The Kier molecular flexibility index (Phi) is 12.9. The summed E-state index contributed by atoms with van der Waals surface area (Å²) >= 11 is 0. The molecule has 0 heterocycles. The van der Waals surface area contributed by atoms with Crippen molar-refractivity contribution in [2.24, 2.45) is 0 Å². The molecule has 148 valence electrons. The van der Waals surface area contributed by atoms with Crippen molar-refractivity contribution in [3.63, 3.8) is 0 Å². The van der Waals surface area contributed by atoms with Crippen molar-refractivity contribution in [1.29, 1.82) is 0 Å². The maximum Gasteiger partial charge on any atom is 0.389 e. The van der Waals surface area contributed by atoms with Crippen molar-refractivity contribution >= 4 is 10.1 Å². The van der Waals surface area contributed by atoms with Gasteiger partial charge in [-0.25, -0.2) is 4.39 Å². The summed E-state index contributed by atoms with van der Waals surface area (Å²) in [6, 6.07) is 0. The van der Waals surface area contributed by atoms with Gasteiger partial charge in [0.05, 0.1) is 26.2 Å².